The van der Waals surface area contributed by atoms with Crippen LogP contribution < -0.4 is 0 Å². The highest BCUT2D eigenvalue weighted by Gasteiger charge is 2.35. The number of halogens is 3. The number of carbonyl (C=O) groups excluding carboxylic acids is 2. The number of carbonyl (C=O) groups is 2. The lowest BCUT2D eigenvalue weighted by atomic mass is 9.98. The van der Waals surface area contributed by atoms with Gasteiger partial charge in [0.05, 0.1) is 22.3 Å². The number of hydrazone groups is 1. The van der Waals surface area contributed by atoms with Gasteiger partial charge in [-0.2, -0.15) is 5.10 Å². The normalized spacial score (nSPS) is 15.3. The summed E-state index contributed by atoms with van der Waals surface area (Å²) in [6.07, 6.45) is 0.250. The quantitative estimate of drug-likeness (QED) is 0.526. The molecule has 3 aromatic rings. The summed E-state index contributed by atoms with van der Waals surface area (Å²) in [5.41, 5.74) is 1.74. The molecule has 1 atom stereocenters. The summed E-state index contributed by atoms with van der Waals surface area (Å²) in [4.78, 5) is 27.2. The summed E-state index contributed by atoms with van der Waals surface area (Å²) < 4.78 is 28.0. The van der Waals surface area contributed by atoms with E-state index in [1.807, 2.05) is 0 Å². The van der Waals surface area contributed by atoms with Gasteiger partial charge < -0.3 is 4.90 Å². The molecule has 0 saturated carbocycles. The van der Waals surface area contributed by atoms with E-state index in [2.05, 4.69) is 5.10 Å². The van der Waals surface area contributed by atoms with Crippen molar-refractivity contribution in [2.45, 2.75) is 12.5 Å². The van der Waals surface area contributed by atoms with E-state index in [1.54, 1.807) is 54.6 Å². The van der Waals surface area contributed by atoms with Crippen LogP contribution >= 0.6 is 11.6 Å². The Morgan fingerprint density at radius 3 is 2.39 bits per heavy atom. The maximum atomic E-state index is 14.6. The average Bonchev–Trinajstić information content (AvgIpc) is 3.25. The molecule has 0 bridgehead atoms. The second kappa shape index (κ2) is 9.50. The predicted octanol–water partition coefficient (Wildman–Crippen LogP) is 5.07. The van der Waals surface area contributed by atoms with E-state index in [1.165, 1.54) is 35.2 Å². The van der Waals surface area contributed by atoms with Crippen LogP contribution in [0.5, 0.6) is 0 Å². The van der Waals surface area contributed by atoms with E-state index >= 15 is 0 Å². The van der Waals surface area contributed by atoms with Crippen LogP contribution in [0.2, 0.25) is 5.02 Å². The van der Waals surface area contributed by atoms with Crippen LogP contribution in [-0.4, -0.2) is 41.0 Å². The fraction of sp³-hybridized carbons (Fsp3) is 0.160. The Morgan fingerprint density at radius 1 is 1.03 bits per heavy atom. The zero-order chi connectivity index (χ0) is 23.5. The third-order valence-electron chi connectivity index (χ3n) is 5.43. The smallest absolute Gasteiger partial charge is 0.262 e. The number of hydrogen-bond acceptors (Lipinski definition) is 3. The minimum Gasteiger partial charge on any atom is -0.332 e. The minimum absolute atomic E-state index is 0.250. The van der Waals surface area contributed by atoms with Gasteiger partial charge in [0.2, 0.25) is 0 Å². The van der Waals surface area contributed by atoms with E-state index in [0.717, 1.165) is 0 Å². The molecule has 168 valence electrons. The monoisotopic (exact) mass is 467 g/mol. The molecule has 0 N–H and O–H groups in total. The van der Waals surface area contributed by atoms with Gasteiger partial charge in [-0.15, -0.1) is 0 Å². The first-order valence-electron chi connectivity index (χ1n) is 10.2. The molecule has 33 heavy (non-hydrogen) atoms. The second-order valence-electron chi connectivity index (χ2n) is 7.67. The molecule has 1 aliphatic heterocycles. The molecule has 8 heteroatoms. The van der Waals surface area contributed by atoms with Crippen molar-refractivity contribution in [3.63, 3.8) is 0 Å². The molecule has 0 aromatic heterocycles. The molecule has 0 radical (unpaired) electrons. The van der Waals surface area contributed by atoms with Crippen LogP contribution in [0, 0.1) is 11.6 Å². The third-order valence-corrected chi connectivity index (χ3v) is 5.76. The highest BCUT2D eigenvalue weighted by atomic mass is 35.5. The first-order chi connectivity index (χ1) is 15.8. The summed E-state index contributed by atoms with van der Waals surface area (Å²) in [6.45, 7) is -0.283. The third kappa shape index (κ3) is 4.78. The Kier molecular flexibility index (Phi) is 6.51. The summed E-state index contributed by atoms with van der Waals surface area (Å²) in [6, 6.07) is 17.8. The lowest BCUT2D eigenvalue weighted by molar-refractivity contribution is -0.133. The predicted molar refractivity (Wildman–Crippen MR) is 122 cm³/mol. The summed E-state index contributed by atoms with van der Waals surface area (Å²) >= 11 is 6.11. The number of hydrogen-bond donors (Lipinski definition) is 0. The Hall–Kier alpha value is -3.58. The first kappa shape index (κ1) is 22.6. The first-order valence-corrected chi connectivity index (χ1v) is 10.6. The molecule has 4 rings (SSSR count). The Labute approximate surface area is 194 Å². The maximum absolute atomic E-state index is 14.6. The summed E-state index contributed by atoms with van der Waals surface area (Å²) in [7, 11) is 1.49. The van der Waals surface area contributed by atoms with Gasteiger partial charge in [-0.05, 0) is 35.9 Å². The van der Waals surface area contributed by atoms with Gasteiger partial charge in [0.25, 0.3) is 11.8 Å². The largest absolute Gasteiger partial charge is 0.332 e. The van der Waals surface area contributed by atoms with Gasteiger partial charge in [-0.1, -0.05) is 54.1 Å². The molecule has 5 nitrogen and oxygen atoms in total. The van der Waals surface area contributed by atoms with E-state index in [9.17, 15) is 18.4 Å². The van der Waals surface area contributed by atoms with Crippen molar-refractivity contribution in [2.24, 2.45) is 5.10 Å². The van der Waals surface area contributed by atoms with Crippen molar-refractivity contribution in [1.29, 1.82) is 0 Å². The van der Waals surface area contributed by atoms with Gasteiger partial charge in [-0.3, -0.25) is 9.59 Å². The zero-order valence-corrected chi connectivity index (χ0v) is 18.5. The van der Waals surface area contributed by atoms with Crippen LogP contribution in [0.4, 0.5) is 8.78 Å². The van der Waals surface area contributed by atoms with E-state index in [-0.39, 0.29) is 23.6 Å². The number of nitrogens with zero attached hydrogens (tertiary/aromatic N) is 3. The number of likely N-dealkylation sites (N-methyl/N-ethyl adjacent to an activating group) is 1. The second-order valence-corrected chi connectivity index (χ2v) is 8.08. The number of rotatable bonds is 5. The fourth-order valence-electron chi connectivity index (χ4n) is 3.73. The van der Waals surface area contributed by atoms with E-state index < -0.39 is 29.5 Å². The summed E-state index contributed by atoms with van der Waals surface area (Å²) in [5, 5.41) is 5.92. The van der Waals surface area contributed by atoms with Crippen LogP contribution in [0.25, 0.3) is 0 Å². The molecule has 3 aromatic carbocycles. The molecule has 0 unspecified atom stereocenters. The fourth-order valence-corrected chi connectivity index (χ4v) is 3.95. The highest BCUT2D eigenvalue weighted by molar-refractivity contribution is 6.33. The topological polar surface area (TPSA) is 53.0 Å². The van der Waals surface area contributed by atoms with Crippen molar-refractivity contribution in [3.05, 3.63) is 106 Å². The minimum atomic E-state index is -0.692. The van der Waals surface area contributed by atoms with Crippen LogP contribution in [-0.2, 0) is 4.79 Å². The van der Waals surface area contributed by atoms with Crippen molar-refractivity contribution >= 4 is 29.1 Å². The van der Waals surface area contributed by atoms with E-state index in [0.29, 0.717) is 16.8 Å². The molecule has 0 spiro atoms. The molecule has 0 fully saturated rings. The molecule has 2 amide bonds. The van der Waals surface area contributed by atoms with Gasteiger partial charge in [-0.25, -0.2) is 13.8 Å². The highest BCUT2D eigenvalue weighted by Crippen LogP contribution is 2.34. The Morgan fingerprint density at radius 2 is 1.70 bits per heavy atom. The molecule has 1 heterocycles. The van der Waals surface area contributed by atoms with Crippen molar-refractivity contribution < 1.29 is 18.4 Å². The van der Waals surface area contributed by atoms with Crippen LogP contribution in [0.1, 0.15) is 33.9 Å². The zero-order valence-electron chi connectivity index (χ0n) is 17.7. The average molecular weight is 468 g/mol. The molecule has 0 aliphatic carbocycles. The molecule has 0 saturated heterocycles. The molecule has 1 aliphatic rings. The SMILES string of the molecule is CN(CC(=O)N1N=C(c2ccc(F)cc2)C[C@H]1c1ccccc1F)C(=O)c1ccccc1Cl. The standard InChI is InChI=1S/C25H20ClF2N3O2/c1-30(25(33)18-6-2-4-8-20(18)26)15-24(32)31-23(19-7-3-5-9-21(19)28)14-22(29-31)16-10-12-17(27)13-11-16/h2-13,23H,14-15H2,1H3/t23-/m0/s1. The van der Waals surface area contributed by atoms with Crippen LogP contribution in [0.15, 0.2) is 77.9 Å². The van der Waals surface area contributed by atoms with Crippen molar-refractivity contribution in [1.82, 2.24) is 9.91 Å². The maximum Gasteiger partial charge on any atom is 0.262 e. The molecular weight excluding hydrogens is 448 g/mol. The lowest BCUT2D eigenvalue weighted by Gasteiger charge is -2.25. The Bertz CT molecular complexity index is 1230. The van der Waals surface area contributed by atoms with Crippen molar-refractivity contribution in [2.75, 3.05) is 13.6 Å². The van der Waals surface area contributed by atoms with Crippen molar-refractivity contribution in [3.8, 4) is 0 Å². The van der Waals surface area contributed by atoms with Gasteiger partial charge >= 0.3 is 0 Å². The van der Waals surface area contributed by atoms with Crippen LogP contribution in [0.3, 0.4) is 0 Å². The Balaban J connectivity index is 1.61. The lowest BCUT2D eigenvalue weighted by Crippen LogP contribution is -2.39. The van der Waals surface area contributed by atoms with E-state index in [4.69, 9.17) is 11.6 Å². The van der Waals surface area contributed by atoms with Gasteiger partial charge in [0.1, 0.15) is 18.2 Å². The summed E-state index contributed by atoms with van der Waals surface area (Å²) in [5.74, 6) is -1.76. The van der Waals surface area contributed by atoms with Gasteiger partial charge in [0.15, 0.2) is 0 Å². The molecular formula is C25H20ClF2N3O2. The number of amides is 2. The van der Waals surface area contributed by atoms with Gasteiger partial charge in [0, 0.05) is 19.0 Å². The number of benzene rings is 3.